The first-order valence-corrected chi connectivity index (χ1v) is 17.4. The fourth-order valence-corrected chi connectivity index (χ4v) is 8.59. The van der Waals surface area contributed by atoms with Crippen LogP contribution in [0.2, 0.25) is 0 Å². The molecule has 1 fully saturated rings. The van der Waals surface area contributed by atoms with Crippen LogP contribution in [0.5, 0.6) is 5.75 Å². The Labute approximate surface area is 275 Å². The minimum atomic E-state index is 0.107. The minimum Gasteiger partial charge on any atom is -0.494 e. The van der Waals surface area contributed by atoms with E-state index in [1.807, 2.05) is 48.5 Å². The minimum absolute atomic E-state index is 0.107. The van der Waals surface area contributed by atoms with Crippen molar-refractivity contribution in [3.63, 3.8) is 0 Å². The van der Waals surface area contributed by atoms with Gasteiger partial charge in [-0.1, -0.05) is 38.3 Å². The van der Waals surface area contributed by atoms with Gasteiger partial charge in [0.1, 0.15) is 10.8 Å². The molecule has 2 aromatic heterocycles. The third-order valence-corrected chi connectivity index (χ3v) is 10.6. The number of hydrogen-bond donors (Lipinski definition) is 0. The summed E-state index contributed by atoms with van der Waals surface area (Å²) in [6, 6.07) is 22.1. The van der Waals surface area contributed by atoms with Crippen molar-refractivity contribution in [2.45, 2.75) is 90.6 Å². The van der Waals surface area contributed by atoms with Gasteiger partial charge in [0.25, 0.3) is 0 Å². The number of ether oxygens (including phenoxy) is 1. The lowest BCUT2D eigenvalue weighted by Gasteiger charge is -2.54. The average Bonchev–Trinajstić information content (AvgIpc) is 3.58. The number of benzene rings is 2. The fourth-order valence-electron chi connectivity index (χ4n) is 6.39. The van der Waals surface area contributed by atoms with Crippen LogP contribution in [0.1, 0.15) is 90.0 Å². The molecule has 45 heavy (non-hydrogen) atoms. The second-order valence-electron chi connectivity index (χ2n) is 12.8. The Morgan fingerprint density at radius 2 is 1.62 bits per heavy atom. The maximum absolute atomic E-state index is 10.0. The van der Waals surface area contributed by atoms with Crippen molar-refractivity contribution in [1.82, 2.24) is 0 Å². The van der Waals surface area contributed by atoms with Gasteiger partial charge >= 0.3 is 0 Å². The van der Waals surface area contributed by atoms with Gasteiger partial charge in [0.2, 0.25) is 5.70 Å². The normalized spacial score (nSPS) is 16.4. The SMILES string of the molecule is [C-]#[N+]/C(=C(/C#N)c1ccc(OCCCCCC)cc1)c1cc2sc(N=Nc3ccc(N4C(C)(C)CCCC4(C)C)cc3)cc2s1. The second kappa shape index (κ2) is 14.0. The summed E-state index contributed by atoms with van der Waals surface area (Å²) in [6.45, 7) is 20.1. The Bertz CT molecular complexity index is 1710. The number of piperidine rings is 1. The van der Waals surface area contributed by atoms with E-state index >= 15 is 0 Å². The maximum atomic E-state index is 10.0. The van der Waals surface area contributed by atoms with E-state index in [2.05, 4.69) is 72.8 Å². The Kier molecular flexibility index (Phi) is 10.1. The zero-order valence-electron chi connectivity index (χ0n) is 26.9. The van der Waals surface area contributed by atoms with Crippen molar-refractivity contribution in [2.24, 2.45) is 10.2 Å². The predicted octanol–water partition coefficient (Wildman–Crippen LogP) is 12.2. The summed E-state index contributed by atoms with van der Waals surface area (Å²) >= 11 is 3.04. The summed E-state index contributed by atoms with van der Waals surface area (Å²) in [5.41, 5.74) is 3.69. The van der Waals surface area contributed by atoms with Gasteiger partial charge in [-0.25, -0.2) is 4.85 Å². The molecule has 0 spiro atoms. The number of azo groups is 1. The van der Waals surface area contributed by atoms with E-state index in [-0.39, 0.29) is 11.1 Å². The summed E-state index contributed by atoms with van der Waals surface area (Å²) in [7, 11) is 0. The van der Waals surface area contributed by atoms with E-state index in [1.165, 1.54) is 60.5 Å². The molecule has 3 heterocycles. The van der Waals surface area contributed by atoms with E-state index in [9.17, 15) is 5.26 Å². The number of nitrogens with zero attached hydrogens (tertiary/aromatic N) is 5. The van der Waals surface area contributed by atoms with Crippen molar-refractivity contribution in [3.05, 3.63) is 82.5 Å². The predicted molar refractivity (Wildman–Crippen MR) is 190 cm³/mol. The van der Waals surface area contributed by atoms with Crippen LogP contribution in [0.25, 0.3) is 25.5 Å². The van der Waals surface area contributed by atoms with Crippen molar-refractivity contribution in [1.29, 1.82) is 5.26 Å². The van der Waals surface area contributed by atoms with Gasteiger partial charge in [0.05, 0.1) is 30.5 Å². The molecule has 0 bridgehead atoms. The molecule has 0 saturated carbocycles. The molecule has 0 amide bonds. The first-order valence-electron chi connectivity index (χ1n) is 15.8. The van der Waals surface area contributed by atoms with Crippen LogP contribution < -0.4 is 9.64 Å². The average molecular weight is 636 g/mol. The van der Waals surface area contributed by atoms with Crippen LogP contribution >= 0.6 is 22.7 Å². The zero-order chi connectivity index (χ0) is 32.0. The molecule has 0 unspecified atom stereocenters. The molecule has 4 aromatic rings. The van der Waals surface area contributed by atoms with Crippen LogP contribution in [0.4, 0.5) is 16.4 Å². The lowest BCUT2D eigenvalue weighted by atomic mass is 9.79. The van der Waals surface area contributed by atoms with E-state index in [0.29, 0.717) is 23.4 Å². The molecule has 232 valence electrons. The second-order valence-corrected chi connectivity index (χ2v) is 15.0. The third-order valence-electron chi connectivity index (χ3n) is 8.46. The van der Waals surface area contributed by atoms with E-state index < -0.39 is 0 Å². The van der Waals surface area contributed by atoms with Gasteiger partial charge in [-0.05, 0) is 107 Å². The first-order chi connectivity index (χ1) is 21.6. The van der Waals surface area contributed by atoms with Crippen molar-refractivity contribution in [2.75, 3.05) is 11.5 Å². The molecular weight excluding hydrogens is 595 g/mol. The van der Waals surface area contributed by atoms with Crippen LogP contribution in [0, 0.1) is 17.9 Å². The molecule has 0 N–H and O–H groups in total. The van der Waals surface area contributed by atoms with E-state index in [0.717, 1.165) is 43.6 Å². The lowest BCUT2D eigenvalue weighted by Crippen LogP contribution is -2.58. The Hall–Kier alpha value is -3.98. The molecule has 1 saturated heterocycles. The molecule has 1 aliphatic rings. The number of hydrogen-bond acceptors (Lipinski definition) is 7. The van der Waals surface area contributed by atoms with Crippen LogP contribution in [-0.4, -0.2) is 17.7 Å². The highest BCUT2D eigenvalue weighted by Crippen LogP contribution is 2.44. The van der Waals surface area contributed by atoms with Crippen molar-refractivity contribution >= 4 is 59.7 Å². The molecular formula is C37H41N5OS2. The number of thiophene rings is 2. The molecule has 8 heteroatoms. The molecule has 2 aromatic carbocycles. The largest absolute Gasteiger partial charge is 0.494 e. The van der Waals surface area contributed by atoms with E-state index in [1.54, 1.807) is 0 Å². The highest BCUT2D eigenvalue weighted by molar-refractivity contribution is 7.30. The van der Waals surface area contributed by atoms with Gasteiger partial charge in [-0.15, -0.1) is 32.9 Å². The fraction of sp³-hybridized carbons (Fsp3) is 0.405. The Balaban J connectivity index is 1.29. The maximum Gasteiger partial charge on any atom is 0.222 e. The number of allylic oxidation sites excluding steroid dienone is 1. The highest BCUT2D eigenvalue weighted by Gasteiger charge is 2.41. The van der Waals surface area contributed by atoms with Crippen LogP contribution in [-0.2, 0) is 0 Å². The smallest absolute Gasteiger partial charge is 0.222 e. The summed E-state index contributed by atoms with van der Waals surface area (Å²) in [5.74, 6) is 0.779. The number of anilines is 1. The Morgan fingerprint density at radius 3 is 2.24 bits per heavy atom. The zero-order valence-corrected chi connectivity index (χ0v) is 28.5. The number of nitriles is 1. The Morgan fingerprint density at radius 1 is 0.933 bits per heavy atom. The molecule has 0 atom stereocenters. The van der Waals surface area contributed by atoms with Gasteiger partial charge in [-0.2, -0.15) is 5.26 Å². The van der Waals surface area contributed by atoms with Crippen LogP contribution in [0.3, 0.4) is 0 Å². The van der Waals surface area contributed by atoms with Crippen molar-refractivity contribution < 1.29 is 4.74 Å². The first kappa shape index (κ1) is 32.4. The third kappa shape index (κ3) is 7.47. The molecule has 0 radical (unpaired) electrons. The summed E-state index contributed by atoms with van der Waals surface area (Å²) in [5, 5.41) is 19.9. The molecule has 5 rings (SSSR count). The monoisotopic (exact) mass is 635 g/mol. The molecule has 6 nitrogen and oxygen atoms in total. The topological polar surface area (TPSA) is 65.3 Å². The van der Waals surface area contributed by atoms with Gasteiger partial charge < -0.3 is 9.64 Å². The quantitative estimate of drug-likeness (QED) is 0.0713. The molecule has 1 aliphatic heterocycles. The van der Waals surface area contributed by atoms with Gasteiger partial charge in [-0.3, -0.25) is 0 Å². The summed E-state index contributed by atoms with van der Waals surface area (Å²) < 4.78 is 7.91. The van der Waals surface area contributed by atoms with Crippen molar-refractivity contribution in [3.8, 4) is 11.8 Å². The lowest BCUT2D eigenvalue weighted by molar-refractivity contribution is 0.244. The number of rotatable bonds is 11. The highest BCUT2D eigenvalue weighted by atomic mass is 32.1. The van der Waals surface area contributed by atoms with E-state index in [4.69, 9.17) is 11.3 Å². The summed E-state index contributed by atoms with van der Waals surface area (Å²) in [4.78, 5) is 7.12. The number of unbranched alkanes of at least 4 members (excludes halogenated alkanes) is 3. The number of fused-ring (bicyclic) bond motifs is 1. The molecule has 0 aliphatic carbocycles. The van der Waals surface area contributed by atoms with Gasteiger partial charge in [0, 0.05) is 31.0 Å². The van der Waals surface area contributed by atoms with Gasteiger partial charge in [0.15, 0.2) is 0 Å². The standard InChI is InChI=1S/C37H41N5OS2/c1-7-8-9-10-22-43-29-18-12-26(13-19-29)30(25-38)35(39-6)33-23-31-32(44-33)24-34(45-31)41-40-27-14-16-28(17-15-27)42-36(2,3)20-11-21-37(42,4)5/h12-19,23-24H,7-11,20-22H2,1-5H3/b35-30-,41-40?. The summed E-state index contributed by atoms with van der Waals surface area (Å²) in [6.07, 6.45) is 8.22. The van der Waals surface area contributed by atoms with Crippen LogP contribution in [0.15, 0.2) is 70.9 Å².